The van der Waals surface area contributed by atoms with Gasteiger partial charge in [0.2, 0.25) is 11.8 Å². The molecule has 1 unspecified atom stereocenters. The Kier molecular flexibility index (Phi) is 5.33. The highest BCUT2D eigenvalue weighted by Crippen LogP contribution is 2.20. The second kappa shape index (κ2) is 7.22. The maximum atomic E-state index is 12.1. The van der Waals surface area contributed by atoms with Gasteiger partial charge in [0.1, 0.15) is 0 Å². The Bertz CT molecular complexity index is 516. The van der Waals surface area contributed by atoms with E-state index >= 15 is 0 Å². The largest absolute Gasteiger partial charge is 0.326 e. The van der Waals surface area contributed by atoms with Crippen LogP contribution >= 0.6 is 0 Å². The maximum Gasteiger partial charge on any atom is 0.224 e. The fourth-order valence-electron chi connectivity index (χ4n) is 2.79. The normalized spacial score (nSPS) is 19.0. The number of nitrogens with one attached hydrogen (secondary N) is 2. The van der Waals surface area contributed by atoms with Gasteiger partial charge in [-0.25, -0.2) is 0 Å². The van der Waals surface area contributed by atoms with Crippen LogP contribution in [0.5, 0.6) is 0 Å². The van der Waals surface area contributed by atoms with Gasteiger partial charge < -0.3 is 15.5 Å². The van der Waals surface area contributed by atoms with E-state index in [2.05, 4.69) is 22.6 Å². The minimum Gasteiger partial charge on any atom is -0.326 e. The third-order valence-corrected chi connectivity index (χ3v) is 3.66. The van der Waals surface area contributed by atoms with Gasteiger partial charge in [0.15, 0.2) is 0 Å². The monoisotopic (exact) mass is 289 g/mol. The molecule has 5 nitrogen and oxygen atoms in total. The van der Waals surface area contributed by atoms with Gasteiger partial charge in [-0.15, -0.1) is 0 Å². The van der Waals surface area contributed by atoms with Crippen LogP contribution in [0.2, 0.25) is 0 Å². The predicted octanol–water partition coefficient (Wildman–Crippen LogP) is 2.32. The predicted molar refractivity (Wildman–Crippen MR) is 84.2 cm³/mol. The molecule has 0 spiro atoms. The molecule has 1 aliphatic rings. The van der Waals surface area contributed by atoms with Gasteiger partial charge in [-0.3, -0.25) is 9.59 Å². The van der Waals surface area contributed by atoms with E-state index < -0.39 is 0 Å². The first-order valence-corrected chi connectivity index (χ1v) is 7.39. The summed E-state index contributed by atoms with van der Waals surface area (Å²) in [6.07, 6.45) is 2.82. The number of carbonyl (C=O) groups is 2. The van der Waals surface area contributed by atoms with Crippen LogP contribution in [0.25, 0.3) is 0 Å². The molecule has 5 heteroatoms. The van der Waals surface area contributed by atoms with Crippen molar-refractivity contribution >= 4 is 23.2 Å². The Hall–Kier alpha value is -1.88. The van der Waals surface area contributed by atoms with Crippen molar-refractivity contribution in [2.75, 3.05) is 30.8 Å². The molecule has 1 aromatic carbocycles. The summed E-state index contributed by atoms with van der Waals surface area (Å²) in [5, 5.41) is 5.62. The summed E-state index contributed by atoms with van der Waals surface area (Å²) in [5.74, 6) is 0.348. The maximum absolute atomic E-state index is 12.1. The summed E-state index contributed by atoms with van der Waals surface area (Å²) in [6, 6.07) is 7.21. The topological polar surface area (TPSA) is 61.4 Å². The summed E-state index contributed by atoms with van der Waals surface area (Å²) >= 11 is 0. The molecule has 0 aromatic heterocycles. The van der Waals surface area contributed by atoms with E-state index in [1.165, 1.54) is 6.92 Å². The summed E-state index contributed by atoms with van der Waals surface area (Å²) in [6.45, 7) is 3.57. The van der Waals surface area contributed by atoms with Crippen molar-refractivity contribution in [1.29, 1.82) is 0 Å². The summed E-state index contributed by atoms with van der Waals surface area (Å²) in [4.78, 5) is 25.4. The molecule has 0 saturated carbocycles. The smallest absolute Gasteiger partial charge is 0.224 e. The Balaban J connectivity index is 1.88. The number of carbonyl (C=O) groups excluding carboxylic acids is 2. The second-order valence-electron chi connectivity index (χ2n) is 5.78. The zero-order valence-electron chi connectivity index (χ0n) is 12.7. The average molecular weight is 289 g/mol. The van der Waals surface area contributed by atoms with Gasteiger partial charge in [0, 0.05) is 31.3 Å². The van der Waals surface area contributed by atoms with Crippen molar-refractivity contribution in [2.24, 2.45) is 5.92 Å². The van der Waals surface area contributed by atoms with Crippen molar-refractivity contribution in [3.8, 4) is 0 Å². The third-order valence-electron chi connectivity index (χ3n) is 3.66. The fraction of sp³-hybridized carbons (Fsp3) is 0.500. The van der Waals surface area contributed by atoms with Crippen LogP contribution in [0.1, 0.15) is 26.2 Å². The fourth-order valence-corrected chi connectivity index (χ4v) is 2.79. The van der Waals surface area contributed by atoms with Crippen molar-refractivity contribution in [1.82, 2.24) is 4.90 Å². The number of piperidine rings is 1. The number of anilines is 2. The van der Waals surface area contributed by atoms with Gasteiger partial charge in [0.05, 0.1) is 0 Å². The molecular weight excluding hydrogens is 266 g/mol. The molecule has 0 aliphatic carbocycles. The van der Waals surface area contributed by atoms with Gasteiger partial charge in [-0.2, -0.15) is 0 Å². The molecule has 0 bridgehead atoms. The summed E-state index contributed by atoms with van der Waals surface area (Å²) in [5.41, 5.74) is 1.41. The quantitative estimate of drug-likeness (QED) is 0.894. The molecule has 1 atom stereocenters. The number of amides is 2. The van der Waals surface area contributed by atoms with E-state index in [0.717, 1.165) is 31.6 Å². The second-order valence-corrected chi connectivity index (χ2v) is 5.78. The van der Waals surface area contributed by atoms with E-state index in [-0.39, 0.29) is 11.8 Å². The molecule has 1 aliphatic heterocycles. The van der Waals surface area contributed by atoms with Gasteiger partial charge in [-0.1, -0.05) is 6.07 Å². The van der Waals surface area contributed by atoms with E-state index in [1.54, 1.807) is 12.1 Å². The van der Waals surface area contributed by atoms with Crippen LogP contribution in [-0.4, -0.2) is 36.9 Å². The highest BCUT2D eigenvalue weighted by atomic mass is 16.2. The Labute approximate surface area is 125 Å². The molecule has 1 saturated heterocycles. The van der Waals surface area contributed by atoms with Crippen molar-refractivity contribution in [3.05, 3.63) is 24.3 Å². The highest BCUT2D eigenvalue weighted by molar-refractivity contribution is 5.93. The van der Waals surface area contributed by atoms with Crippen molar-refractivity contribution < 1.29 is 9.59 Å². The standard InChI is InChI=1S/C16H23N3O2/c1-12(20)17-14-6-3-7-15(10-14)18-16(21)9-13-5-4-8-19(2)11-13/h3,6-7,10,13H,4-5,8-9,11H2,1-2H3,(H,17,20)(H,18,21). The number of hydrogen-bond acceptors (Lipinski definition) is 3. The molecule has 21 heavy (non-hydrogen) atoms. The van der Waals surface area contributed by atoms with Crippen LogP contribution in [0.3, 0.4) is 0 Å². The lowest BCUT2D eigenvalue weighted by Crippen LogP contribution is -2.34. The first-order valence-electron chi connectivity index (χ1n) is 7.39. The molecule has 1 fully saturated rings. The minimum absolute atomic E-state index is 0.0373. The number of rotatable bonds is 4. The van der Waals surface area contributed by atoms with E-state index in [0.29, 0.717) is 18.0 Å². The third kappa shape index (κ3) is 5.19. The molecular formula is C16H23N3O2. The first kappa shape index (κ1) is 15.5. The average Bonchev–Trinajstić information content (AvgIpc) is 2.37. The number of benzene rings is 1. The van der Waals surface area contributed by atoms with Crippen LogP contribution in [0, 0.1) is 5.92 Å². The Morgan fingerprint density at radius 3 is 2.67 bits per heavy atom. The lowest BCUT2D eigenvalue weighted by Gasteiger charge is -2.29. The molecule has 1 heterocycles. The first-order chi connectivity index (χ1) is 10.0. The SMILES string of the molecule is CC(=O)Nc1cccc(NC(=O)CC2CCCN(C)C2)c1. The van der Waals surface area contributed by atoms with Gasteiger partial charge in [0.25, 0.3) is 0 Å². The van der Waals surface area contributed by atoms with E-state index in [4.69, 9.17) is 0 Å². The summed E-state index contributed by atoms with van der Waals surface area (Å²) in [7, 11) is 2.10. The lowest BCUT2D eigenvalue weighted by atomic mass is 9.95. The summed E-state index contributed by atoms with van der Waals surface area (Å²) < 4.78 is 0. The number of hydrogen-bond donors (Lipinski definition) is 2. The van der Waals surface area contributed by atoms with Crippen LogP contribution in [0.15, 0.2) is 24.3 Å². The Morgan fingerprint density at radius 2 is 2.00 bits per heavy atom. The zero-order valence-corrected chi connectivity index (χ0v) is 12.7. The molecule has 2 amide bonds. The molecule has 1 aromatic rings. The van der Waals surface area contributed by atoms with Gasteiger partial charge in [-0.05, 0) is 50.6 Å². The molecule has 0 radical (unpaired) electrons. The number of nitrogens with zero attached hydrogens (tertiary/aromatic N) is 1. The Morgan fingerprint density at radius 1 is 1.29 bits per heavy atom. The van der Waals surface area contributed by atoms with Crippen LogP contribution in [0.4, 0.5) is 11.4 Å². The van der Waals surface area contributed by atoms with Crippen LogP contribution in [-0.2, 0) is 9.59 Å². The lowest BCUT2D eigenvalue weighted by molar-refractivity contribution is -0.117. The molecule has 2 N–H and O–H groups in total. The zero-order chi connectivity index (χ0) is 15.2. The van der Waals surface area contributed by atoms with Crippen molar-refractivity contribution in [3.63, 3.8) is 0 Å². The van der Waals surface area contributed by atoms with Gasteiger partial charge >= 0.3 is 0 Å². The number of likely N-dealkylation sites (tertiary alicyclic amines) is 1. The van der Waals surface area contributed by atoms with E-state index in [1.807, 2.05) is 12.1 Å². The van der Waals surface area contributed by atoms with Crippen molar-refractivity contribution in [2.45, 2.75) is 26.2 Å². The van der Waals surface area contributed by atoms with E-state index in [9.17, 15) is 9.59 Å². The molecule has 2 rings (SSSR count). The molecule has 114 valence electrons. The minimum atomic E-state index is -0.122. The van der Waals surface area contributed by atoms with Crippen LogP contribution < -0.4 is 10.6 Å². The highest BCUT2D eigenvalue weighted by Gasteiger charge is 2.20.